The fourth-order valence-electron chi connectivity index (χ4n) is 1.59. The van der Waals surface area contributed by atoms with Crippen LogP contribution in [0.2, 0.25) is 0 Å². The van der Waals surface area contributed by atoms with Crippen molar-refractivity contribution < 1.29 is 9.15 Å². The highest BCUT2D eigenvalue weighted by Gasteiger charge is 2.09. The quantitative estimate of drug-likeness (QED) is 0.879. The van der Waals surface area contributed by atoms with Crippen molar-refractivity contribution in [1.82, 2.24) is 4.98 Å². The molecule has 90 valence electrons. The Morgan fingerprint density at radius 3 is 2.76 bits per heavy atom. The fourth-order valence-corrected chi connectivity index (χ4v) is 1.59. The first-order valence-corrected chi connectivity index (χ1v) is 5.53. The number of anilines is 1. The molecule has 0 aliphatic heterocycles. The van der Waals surface area contributed by atoms with Crippen molar-refractivity contribution in [2.45, 2.75) is 19.9 Å². The molecular formula is C13H16N2O2. The van der Waals surface area contributed by atoms with Gasteiger partial charge in [-0.15, -0.1) is 0 Å². The number of furan rings is 1. The summed E-state index contributed by atoms with van der Waals surface area (Å²) in [6, 6.07) is 9.60. The van der Waals surface area contributed by atoms with Crippen molar-refractivity contribution in [1.29, 1.82) is 0 Å². The van der Waals surface area contributed by atoms with Crippen molar-refractivity contribution in [3.8, 4) is 5.88 Å². The predicted octanol–water partition coefficient (Wildman–Crippen LogP) is 3.16. The monoisotopic (exact) mass is 232 g/mol. The number of pyridine rings is 1. The van der Waals surface area contributed by atoms with Crippen LogP contribution in [-0.4, -0.2) is 12.1 Å². The summed E-state index contributed by atoms with van der Waals surface area (Å²) in [6.07, 6.45) is 0. The molecule has 2 aromatic heterocycles. The number of hydrogen-bond donors (Lipinski definition) is 1. The highest BCUT2D eigenvalue weighted by Crippen LogP contribution is 2.21. The van der Waals surface area contributed by atoms with Gasteiger partial charge in [0.15, 0.2) is 0 Å². The maximum absolute atomic E-state index is 5.55. The lowest BCUT2D eigenvalue weighted by Crippen LogP contribution is -2.07. The third kappa shape index (κ3) is 2.78. The van der Waals surface area contributed by atoms with Gasteiger partial charge in [0, 0.05) is 6.07 Å². The number of nitrogens with zero attached hydrogens (tertiary/aromatic N) is 1. The van der Waals surface area contributed by atoms with E-state index in [1.165, 1.54) is 0 Å². The summed E-state index contributed by atoms with van der Waals surface area (Å²) in [5.41, 5.74) is 0. The Morgan fingerprint density at radius 1 is 1.29 bits per heavy atom. The zero-order valence-electron chi connectivity index (χ0n) is 10.2. The average molecular weight is 232 g/mol. The minimum absolute atomic E-state index is 0.0725. The van der Waals surface area contributed by atoms with E-state index in [1.54, 1.807) is 7.11 Å². The minimum atomic E-state index is 0.0725. The van der Waals surface area contributed by atoms with Crippen LogP contribution in [0.3, 0.4) is 0 Å². The zero-order valence-corrected chi connectivity index (χ0v) is 10.2. The molecule has 0 amide bonds. The van der Waals surface area contributed by atoms with Gasteiger partial charge in [-0.1, -0.05) is 6.07 Å². The number of rotatable bonds is 4. The van der Waals surface area contributed by atoms with Crippen molar-refractivity contribution in [2.24, 2.45) is 0 Å². The van der Waals surface area contributed by atoms with Crippen LogP contribution < -0.4 is 10.1 Å². The molecule has 0 bridgehead atoms. The van der Waals surface area contributed by atoms with Gasteiger partial charge in [-0.3, -0.25) is 0 Å². The van der Waals surface area contributed by atoms with Crippen molar-refractivity contribution >= 4 is 5.82 Å². The van der Waals surface area contributed by atoms with E-state index in [9.17, 15) is 0 Å². The molecule has 4 heteroatoms. The molecule has 0 fully saturated rings. The van der Waals surface area contributed by atoms with Gasteiger partial charge in [0.25, 0.3) is 0 Å². The third-order valence-corrected chi connectivity index (χ3v) is 2.48. The first-order chi connectivity index (χ1) is 8.19. The van der Waals surface area contributed by atoms with Crippen LogP contribution in [0, 0.1) is 6.92 Å². The first kappa shape index (κ1) is 11.5. The number of nitrogens with one attached hydrogen (secondary N) is 1. The number of hydrogen-bond acceptors (Lipinski definition) is 4. The summed E-state index contributed by atoms with van der Waals surface area (Å²) in [5, 5.41) is 3.26. The second-order valence-corrected chi connectivity index (χ2v) is 3.88. The summed E-state index contributed by atoms with van der Waals surface area (Å²) in [7, 11) is 1.60. The molecule has 17 heavy (non-hydrogen) atoms. The maximum atomic E-state index is 5.55. The SMILES string of the molecule is COc1cccc(NC(C)c2ccc(C)o2)n1. The minimum Gasteiger partial charge on any atom is -0.481 e. The molecule has 0 aromatic carbocycles. The number of ether oxygens (including phenoxy) is 1. The predicted molar refractivity (Wildman–Crippen MR) is 66.3 cm³/mol. The van der Waals surface area contributed by atoms with Crippen molar-refractivity contribution in [3.05, 3.63) is 41.9 Å². The van der Waals surface area contributed by atoms with Gasteiger partial charge in [0.2, 0.25) is 5.88 Å². The van der Waals surface area contributed by atoms with Gasteiger partial charge in [-0.2, -0.15) is 4.98 Å². The Balaban J connectivity index is 2.09. The molecular weight excluding hydrogens is 216 g/mol. The van der Waals surface area contributed by atoms with Gasteiger partial charge in [-0.05, 0) is 32.0 Å². The van der Waals surface area contributed by atoms with Gasteiger partial charge in [-0.25, -0.2) is 0 Å². The number of aryl methyl sites for hydroxylation is 1. The van der Waals surface area contributed by atoms with E-state index >= 15 is 0 Å². The smallest absolute Gasteiger partial charge is 0.214 e. The molecule has 0 aliphatic carbocycles. The van der Waals surface area contributed by atoms with Gasteiger partial charge >= 0.3 is 0 Å². The molecule has 2 heterocycles. The average Bonchev–Trinajstić information content (AvgIpc) is 2.76. The molecule has 1 atom stereocenters. The molecule has 1 unspecified atom stereocenters. The summed E-state index contributed by atoms with van der Waals surface area (Å²) >= 11 is 0. The first-order valence-electron chi connectivity index (χ1n) is 5.53. The van der Waals surface area contributed by atoms with Crippen molar-refractivity contribution in [3.63, 3.8) is 0 Å². The lowest BCUT2D eigenvalue weighted by molar-refractivity contribution is 0.398. The van der Waals surface area contributed by atoms with E-state index in [0.29, 0.717) is 5.88 Å². The summed E-state index contributed by atoms with van der Waals surface area (Å²) in [4.78, 5) is 4.29. The fraction of sp³-hybridized carbons (Fsp3) is 0.308. The number of methoxy groups -OCH3 is 1. The van der Waals surface area contributed by atoms with Crippen LogP contribution >= 0.6 is 0 Å². The highest BCUT2D eigenvalue weighted by molar-refractivity contribution is 5.39. The molecule has 1 N–H and O–H groups in total. The van der Waals surface area contributed by atoms with E-state index in [4.69, 9.17) is 9.15 Å². The largest absolute Gasteiger partial charge is 0.481 e. The molecule has 0 saturated carbocycles. The van der Waals surface area contributed by atoms with Gasteiger partial charge in [0.1, 0.15) is 17.3 Å². The van der Waals surface area contributed by atoms with E-state index in [-0.39, 0.29) is 6.04 Å². The van der Waals surface area contributed by atoms with E-state index in [1.807, 2.05) is 44.2 Å². The topological polar surface area (TPSA) is 47.3 Å². The highest BCUT2D eigenvalue weighted by atomic mass is 16.5. The van der Waals surface area contributed by atoms with Crippen LogP contribution in [0.1, 0.15) is 24.5 Å². The Kier molecular flexibility index (Phi) is 3.32. The maximum Gasteiger partial charge on any atom is 0.214 e. The molecule has 4 nitrogen and oxygen atoms in total. The Morgan fingerprint density at radius 2 is 2.12 bits per heavy atom. The second-order valence-electron chi connectivity index (χ2n) is 3.88. The zero-order chi connectivity index (χ0) is 12.3. The molecule has 0 aliphatic rings. The lowest BCUT2D eigenvalue weighted by atomic mass is 10.2. The molecule has 2 rings (SSSR count). The van der Waals surface area contributed by atoms with Crippen LogP contribution in [-0.2, 0) is 0 Å². The van der Waals surface area contributed by atoms with Crippen LogP contribution in [0.15, 0.2) is 34.7 Å². The summed E-state index contributed by atoms with van der Waals surface area (Å²) in [5.74, 6) is 3.17. The van der Waals surface area contributed by atoms with Gasteiger partial charge < -0.3 is 14.5 Å². The van der Waals surface area contributed by atoms with E-state index < -0.39 is 0 Å². The number of aromatic nitrogens is 1. The normalized spacial score (nSPS) is 12.2. The van der Waals surface area contributed by atoms with Crippen LogP contribution in [0.4, 0.5) is 5.82 Å². The summed E-state index contributed by atoms with van der Waals surface area (Å²) in [6.45, 7) is 3.96. The molecule has 0 saturated heterocycles. The Labute approximate surface area is 101 Å². The molecule has 2 aromatic rings. The second kappa shape index (κ2) is 4.91. The Hall–Kier alpha value is -1.97. The standard InChI is InChI=1S/C13H16N2O2/c1-9-7-8-11(17-9)10(2)14-12-5-4-6-13(15-12)16-3/h4-8,10H,1-3H3,(H,14,15). The molecule has 0 spiro atoms. The lowest BCUT2D eigenvalue weighted by Gasteiger charge is -2.12. The van der Waals surface area contributed by atoms with E-state index in [0.717, 1.165) is 17.3 Å². The Bertz CT molecular complexity index is 494. The van der Waals surface area contributed by atoms with Gasteiger partial charge in [0.05, 0.1) is 13.2 Å². The molecule has 0 radical (unpaired) electrons. The van der Waals surface area contributed by atoms with Crippen LogP contribution in [0.5, 0.6) is 5.88 Å². The van der Waals surface area contributed by atoms with Crippen LogP contribution in [0.25, 0.3) is 0 Å². The van der Waals surface area contributed by atoms with Crippen molar-refractivity contribution in [2.75, 3.05) is 12.4 Å². The third-order valence-electron chi connectivity index (χ3n) is 2.48. The summed E-state index contributed by atoms with van der Waals surface area (Å²) < 4.78 is 10.6. The van der Waals surface area contributed by atoms with E-state index in [2.05, 4.69) is 10.3 Å².